The largest absolute Gasteiger partial charge is 0.420 e. The molecule has 0 amide bonds. The summed E-state index contributed by atoms with van der Waals surface area (Å²) in [7, 11) is 0. The lowest BCUT2D eigenvalue weighted by Gasteiger charge is -2.35. The minimum absolute atomic E-state index is 0.0341. The number of halogens is 1. The molecule has 2 heterocycles. The van der Waals surface area contributed by atoms with Crippen LogP contribution >= 0.6 is 0 Å². The monoisotopic (exact) mass is 399 g/mol. The van der Waals surface area contributed by atoms with Gasteiger partial charge in [0.1, 0.15) is 5.82 Å². The summed E-state index contributed by atoms with van der Waals surface area (Å²) < 4.78 is 14.5. The van der Waals surface area contributed by atoms with Gasteiger partial charge in [0.25, 0.3) is 0 Å². The molecule has 4 aromatic rings. The molecule has 31 heavy (non-hydrogen) atoms. The van der Waals surface area contributed by atoms with E-state index in [-0.39, 0.29) is 12.7 Å². The standard InChI is InChI=1S/C28H19BFN/c30-22-15-16-24-23(18-22)27(19-9-3-1-4-10-19)28(20-11-5-2-6-12-20)25-17-21-13-7-8-14-26(21)31-29(24)25/h1-18,31H. The Balaban J connectivity index is 1.75. The Morgan fingerprint density at radius 3 is 2.03 bits per heavy atom. The lowest BCUT2D eigenvalue weighted by molar-refractivity contribution is 0.628. The van der Waals surface area contributed by atoms with Gasteiger partial charge in [-0.15, -0.1) is 0 Å². The van der Waals surface area contributed by atoms with Crippen LogP contribution in [0.4, 0.5) is 10.1 Å². The number of allylic oxidation sites excluding steroid dienone is 2. The molecule has 0 fully saturated rings. The van der Waals surface area contributed by atoms with E-state index < -0.39 is 0 Å². The molecule has 2 aliphatic heterocycles. The zero-order chi connectivity index (χ0) is 20.8. The highest BCUT2D eigenvalue weighted by Gasteiger charge is 2.38. The highest BCUT2D eigenvalue weighted by atomic mass is 19.1. The first kappa shape index (κ1) is 18.0. The molecule has 0 radical (unpaired) electrons. The van der Waals surface area contributed by atoms with Crippen molar-refractivity contribution in [1.82, 2.24) is 0 Å². The summed E-state index contributed by atoms with van der Waals surface area (Å²) in [4.78, 5) is 0. The minimum atomic E-state index is -0.219. The van der Waals surface area contributed by atoms with Gasteiger partial charge in [0.15, 0.2) is 0 Å². The fourth-order valence-electron chi connectivity index (χ4n) is 4.80. The number of hydrogen-bond donors (Lipinski definition) is 1. The van der Waals surface area contributed by atoms with E-state index in [0.717, 1.165) is 39.0 Å². The van der Waals surface area contributed by atoms with Gasteiger partial charge < -0.3 is 5.23 Å². The van der Waals surface area contributed by atoms with Crippen molar-refractivity contribution in [2.75, 3.05) is 5.23 Å². The van der Waals surface area contributed by atoms with Crippen LogP contribution in [0.3, 0.4) is 0 Å². The van der Waals surface area contributed by atoms with Gasteiger partial charge in [0, 0.05) is 5.69 Å². The zero-order valence-electron chi connectivity index (χ0n) is 16.8. The molecule has 0 atom stereocenters. The first-order valence-corrected chi connectivity index (χ1v) is 10.5. The van der Waals surface area contributed by atoms with E-state index in [9.17, 15) is 4.39 Å². The van der Waals surface area contributed by atoms with E-state index in [1.165, 1.54) is 11.0 Å². The second-order valence-corrected chi connectivity index (χ2v) is 7.98. The Morgan fingerprint density at radius 2 is 1.29 bits per heavy atom. The van der Waals surface area contributed by atoms with Gasteiger partial charge in [-0.05, 0) is 62.5 Å². The molecule has 1 nitrogen and oxygen atoms in total. The van der Waals surface area contributed by atoms with Crippen molar-refractivity contribution < 1.29 is 4.39 Å². The van der Waals surface area contributed by atoms with Crippen LogP contribution in [0.15, 0.2) is 109 Å². The van der Waals surface area contributed by atoms with Gasteiger partial charge in [0.2, 0.25) is 0 Å². The summed E-state index contributed by atoms with van der Waals surface area (Å²) in [6.07, 6.45) is 2.29. The summed E-state index contributed by atoms with van der Waals surface area (Å²) in [6, 6.07) is 34.3. The number of nitrogens with one attached hydrogen (secondary N) is 1. The normalized spacial score (nSPS) is 14.2. The van der Waals surface area contributed by atoms with E-state index in [2.05, 4.69) is 65.9 Å². The maximum Gasteiger partial charge on any atom is 0.322 e. The van der Waals surface area contributed by atoms with Crippen LogP contribution in [0.2, 0.25) is 0 Å². The second-order valence-electron chi connectivity index (χ2n) is 7.98. The predicted octanol–water partition coefficient (Wildman–Crippen LogP) is 6.05. The van der Waals surface area contributed by atoms with Crippen molar-refractivity contribution in [3.8, 4) is 0 Å². The summed E-state index contributed by atoms with van der Waals surface area (Å²) in [5.41, 5.74) is 9.96. The van der Waals surface area contributed by atoms with Crippen LogP contribution in [0.5, 0.6) is 0 Å². The van der Waals surface area contributed by atoms with Crippen molar-refractivity contribution >= 4 is 35.2 Å². The Kier molecular flexibility index (Phi) is 4.14. The Morgan fingerprint density at radius 1 is 0.645 bits per heavy atom. The van der Waals surface area contributed by atoms with Crippen LogP contribution in [-0.2, 0) is 0 Å². The van der Waals surface area contributed by atoms with Gasteiger partial charge in [-0.2, -0.15) is 0 Å². The Bertz CT molecular complexity index is 1360. The SMILES string of the molecule is Fc1ccc2c(c1)C(c1ccccc1)=C(c1ccccc1)C1=Cc3ccccc3NB12. The summed E-state index contributed by atoms with van der Waals surface area (Å²) in [5.74, 6) is -0.219. The summed E-state index contributed by atoms with van der Waals surface area (Å²) >= 11 is 0. The third kappa shape index (κ3) is 2.93. The van der Waals surface area contributed by atoms with Crippen LogP contribution in [0.1, 0.15) is 22.3 Å². The third-order valence-electron chi connectivity index (χ3n) is 6.14. The topological polar surface area (TPSA) is 12.0 Å². The molecule has 2 aliphatic rings. The zero-order valence-corrected chi connectivity index (χ0v) is 16.8. The van der Waals surface area contributed by atoms with Crippen LogP contribution in [-0.4, -0.2) is 6.85 Å². The molecular weight excluding hydrogens is 380 g/mol. The molecule has 0 aromatic heterocycles. The van der Waals surface area contributed by atoms with Crippen molar-refractivity contribution in [1.29, 1.82) is 0 Å². The number of para-hydroxylation sites is 1. The molecular formula is C28H19BFN. The number of rotatable bonds is 2. The molecule has 0 saturated heterocycles. The lowest BCUT2D eigenvalue weighted by Crippen LogP contribution is -2.47. The molecule has 0 saturated carbocycles. The predicted molar refractivity (Wildman–Crippen MR) is 129 cm³/mol. The van der Waals surface area contributed by atoms with Gasteiger partial charge in [0.05, 0.1) is 0 Å². The van der Waals surface area contributed by atoms with Gasteiger partial charge in [-0.1, -0.05) is 91.0 Å². The fraction of sp³-hybridized carbons (Fsp3) is 0. The molecule has 0 spiro atoms. The van der Waals surface area contributed by atoms with Gasteiger partial charge in [-0.25, -0.2) is 4.39 Å². The third-order valence-corrected chi connectivity index (χ3v) is 6.14. The smallest absolute Gasteiger partial charge is 0.322 e. The van der Waals surface area contributed by atoms with E-state index >= 15 is 0 Å². The van der Waals surface area contributed by atoms with Crippen molar-refractivity contribution in [2.45, 2.75) is 0 Å². The van der Waals surface area contributed by atoms with Gasteiger partial charge >= 0.3 is 6.85 Å². The van der Waals surface area contributed by atoms with Crippen molar-refractivity contribution in [3.05, 3.63) is 137 Å². The summed E-state index contributed by atoms with van der Waals surface area (Å²) in [6.45, 7) is -0.0341. The molecule has 6 rings (SSSR count). The van der Waals surface area contributed by atoms with Gasteiger partial charge in [-0.3, -0.25) is 0 Å². The van der Waals surface area contributed by atoms with E-state index in [1.807, 2.05) is 36.4 Å². The molecule has 146 valence electrons. The second kappa shape index (κ2) is 7.14. The highest BCUT2D eigenvalue weighted by Crippen LogP contribution is 2.43. The van der Waals surface area contributed by atoms with E-state index in [0.29, 0.717) is 0 Å². The lowest BCUT2D eigenvalue weighted by atomic mass is 9.42. The average Bonchev–Trinajstić information content (AvgIpc) is 2.83. The van der Waals surface area contributed by atoms with E-state index in [1.54, 1.807) is 12.1 Å². The molecule has 0 bridgehead atoms. The molecule has 1 N–H and O–H groups in total. The van der Waals surface area contributed by atoms with Crippen LogP contribution in [0.25, 0.3) is 17.2 Å². The molecule has 4 aromatic carbocycles. The number of hydrogen-bond acceptors (Lipinski definition) is 1. The molecule has 0 unspecified atom stereocenters. The number of anilines is 1. The maximum atomic E-state index is 14.5. The van der Waals surface area contributed by atoms with Crippen molar-refractivity contribution in [3.63, 3.8) is 0 Å². The molecule has 3 heteroatoms. The first-order chi connectivity index (χ1) is 15.3. The molecule has 0 aliphatic carbocycles. The maximum absolute atomic E-state index is 14.5. The van der Waals surface area contributed by atoms with Crippen LogP contribution < -0.4 is 10.7 Å². The number of benzene rings is 4. The summed E-state index contributed by atoms with van der Waals surface area (Å²) in [5, 5.41) is 3.72. The Hall–Kier alpha value is -3.85. The number of fused-ring (bicyclic) bond motifs is 4. The quantitative estimate of drug-likeness (QED) is 0.405. The minimum Gasteiger partial charge on any atom is -0.420 e. The average molecular weight is 399 g/mol. The fourth-order valence-corrected chi connectivity index (χ4v) is 4.80. The first-order valence-electron chi connectivity index (χ1n) is 10.5. The Labute approximate surface area is 181 Å². The van der Waals surface area contributed by atoms with Crippen LogP contribution in [0, 0.1) is 5.82 Å². The van der Waals surface area contributed by atoms with Crippen molar-refractivity contribution in [2.24, 2.45) is 0 Å². The van der Waals surface area contributed by atoms with E-state index in [4.69, 9.17) is 0 Å². The highest BCUT2D eigenvalue weighted by molar-refractivity contribution is 6.87.